The lowest BCUT2D eigenvalue weighted by Crippen LogP contribution is -2.10. The van der Waals surface area contributed by atoms with E-state index in [4.69, 9.17) is 0 Å². The maximum atomic E-state index is 11.9. The topological polar surface area (TPSA) is 57.8 Å². The first-order chi connectivity index (χ1) is 9.83. The third kappa shape index (κ3) is 2.59. The molecule has 3 aromatic rings. The lowest BCUT2D eigenvalue weighted by Gasteiger charge is -2.07. The molecule has 0 radical (unpaired) electrons. The quantitative estimate of drug-likeness (QED) is 0.763. The first-order valence-corrected chi connectivity index (χ1v) is 6.28. The van der Waals surface area contributed by atoms with Crippen LogP contribution in [0.2, 0.25) is 0 Å². The number of hydrogen-bond acceptors (Lipinski definition) is 3. The molecule has 0 amide bonds. The molecule has 4 nitrogen and oxygen atoms in total. The fourth-order valence-electron chi connectivity index (χ4n) is 1.96. The lowest BCUT2D eigenvalue weighted by molar-refractivity contribution is 1.23. The summed E-state index contributed by atoms with van der Waals surface area (Å²) in [6.45, 7) is 0. The molecular weight excluding hydrogens is 250 g/mol. The summed E-state index contributed by atoms with van der Waals surface area (Å²) in [5.74, 6) is 0. The molecule has 2 aromatic heterocycles. The van der Waals surface area contributed by atoms with Crippen LogP contribution in [0.5, 0.6) is 0 Å². The maximum absolute atomic E-state index is 11.9. The Morgan fingerprint density at radius 2 is 1.70 bits per heavy atom. The summed E-state index contributed by atoms with van der Waals surface area (Å²) in [7, 11) is 0. The van der Waals surface area contributed by atoms with Gasteiger partial charge in [0.25, 0.3) is 5.56 Å². The van der Waals surface area contributed by atoms with Crippen molar-refractivity contribution in [1.82, 2.24) is 9.97 Å². The van der Waals surface area contributed by atoms with Crippen LogP contribution < -0.4 is 10.9 Å². The number of aromatic nitrogens is 2. The molecule has 1 aromatic carbocycles. The molecule has 2 heterocycles. The third-order valence-electron chi connectivity index (χ3n) is 2.97. The summed E-state index contributed by atoms with van der Waals surface area (Å²) in [6.07, 6.45) is 5.16. The third-order valence-corrected chi connectivity index (χ3v) is 2.97. The molecule has 3 rings (SSSR count). The molecule has 2 N–H and O–H groups in total. The Bertz CT molecular complexity index is 751. The fraction of sp³-hybridized carbons (Fsp3) is 0. The van der Waals surface area contributed by atoms with Crippen LogP contribution in [0.25, 0.3) is 11.1 Å². The van der Waals surface area contributed by atoms with Crippen molar-refractivity contribution in [1.29, 1.82) is 0 Å². The number of rotatable bonds is 3. The Kier molecular flexibility index (Phi) is 3.29. The van der Waals surface area contributed by atoms with Crippen molar-refractivity contribution >= 4 is 11.4 Å². The SMILES string of the molecule is O=c1[nH]cc(-c2ccncc2)cc1Nc1ccccc1. The molecule has 4 heteroatoms. The van der Waals surface area contributed by atoms with Crippen molar-refractivity contribution in [2.75, 3.05) is 5.32 Å². The van der Waals surface area contributed by atoms with Crippen molar-refractivity contribution < 1.29 is 0 Å². The number of para-hydroxylation sites is 1. The van der Waals surface area contributed by atoms with Crippen LogP contribution in [0.3, 0.4) is 0 Å². The van der Waals surface area contributed by atoms with Crippen LogP contribution in [-0.4, -0.2) is 9.97 Å². The van der Waals surface area contributed by atoms with Crippen molar-refractivity contribution in [2.45, 2.75) is 0 Å². The van der Waals surface area contributed by atoms with E-state index in [2.05, 4.69) is 15.3 Å². The molecule has 0 spiro atoms. The van der Waals surface area contributed by atoms with Gasteiger partial charge in [-0.15, -0.1) is 0 Å². The van der Waals surface area contributed by atoms with Gasteiger partial charge in [-0.05, 0) is 35.9 Å². The van der Waals surface area contributed by atoms with Crippen molar-refractivity contribution in [3.8, 4) is 11.1 Å². The smallest absolute Gasteiger partial charge is 0.271 e. The van der Waals surface area contributed by atoms with E-state index >= 15 is 0 Å². The first kappa shape index (κ1) is 12.2. The van der Waals surface area contributed by atoms with E-state index < -0.39 is 0 Å². The van der Waals surface area contributed by atoms with Crippen LogP contribution >= 0.6 is 0 Å². The highest BCUT2D eigenvalue weighted by atomic mass is 16.1. The van der Waals surface area contributed by atoms with E-state index in [1.807, 2.05) is 48.5 Å². The number of benzene rings is 1. The van der Waals surface area contributed by atoms with Gasteiger partial charge in [0.15, 0.2) is 0 Å². The Morgan fingerprint density at radius 1 is 0.950 bits per heavy atom. The monoisotopic (exact) mass is 263 g/mol. The Balaban J connectivity index is 1.98. The minimum atomic E-state index is -0.147. The number of hydrogen-bond donors (Lipinski definition) is 2. The van der Waals surface area contributed by atoms with Gasteiger partial charge in [-0.2, -0.15) is 0 Å². The van der Waals surface area contributed by atoms with Gasteiger partial charge in [-0.3, -0.25) is 9.78 Å². The Hall–Kier alpha value is -2.88. The van der Waals surface area contributed by atoms with Crippen molar-refractivity contribution in [3.63, 3.8) is 0 Å². The molecule has 0 saturated heterocycles. The summed E-state index contributed by atoms with van der Waals surface area (Å²) < 4.78 is 0. The molecule has 0 aliphatic heterocycles. The molecule has 98 valence electrons. The van der Waals surface area contributed by atoms with Crippen LogP contribution in [0.1, 0.15) is 0 Å². The van der Waals surface area contributed by atoms with E-state index in [9.17, 15) is 4.79 Å². The minimum Gasteiger partial charge on any atom is -0.351 e. The molecule has 0 atom stereocenters. The fourth-order valence-corrected chi connectivity index (χ4v) is 1.96. The minimum absolute atomic E-state index is 0.147. The van der Waals surface area contributed by atoms with Crippen LogP contribution in [0.4, 0.5) is 11.4 Å². The van der Waals surface area contributed by atoms with Gasteiger partial charge in [-0.1, -0.05) is 18.2 Å². The van der Waals surface area contributed by atoms with Gasteiger partial charge in [0.1, 0.15) is 5.69 Å². The van der Waals surface area contributed by atoms with Gasteiger partial charge >= 0.3 is 0 Å². The van der Waals surface area contributed by atoms with E-state index in [1.54, 1.807) is 18.6 Å². The van der Waals surface area contributed by atoms with Crippen LogP contribution in [-0.2, 0) is 0 Å². The van der Waals surface area contributed by atoms with E-state index in [0.29, 0.717) is 5.69 Å². The average Bonchev–Trinajstić information content (AvgIpc) is 2.51. The van der Waals surface area contributed by atoms with Crippen LogP contribution in [0.15, 0.2) is 71.9 Å². The molecular formula is C16H13N3O. The molecule has 20 heavy (non-hydrogen) atoms. The summed E-state index contributed by atoms with van der Waals surface area (Å²) >= 11 is 0. The predicted molar refractivity (Wildman–Crippen MR) is 80.0 cm³/mol. The molecule has 0 unspecified atom stereocenters. The molecule has 0 fully saturated rings. The summed E-state index contributed by atoms with van der Waals surface area (Å²) in [5, 5.41) is 3.12. The van der Waals surface area contributed by atoms with Gasteiger partial charge in [0.05, 0.1) is 0 Å². The Morgan fingerprint density at radius 3 is 2.45 bits per heavy atom. The Labute approximate surface area is 116 Å². The largest absolute Gasteiger partial charge is 0.351 e. The number of H-pyrrole nitrogens is 1. The van der Waals surface area contributed by atoms with E-state index in [0.717, 1.165) is 16.8 Å². The predicted octanol–water partition coefficient (Wildman–Crippen LogP) is 3.18. The molecule has 0 saturated carbocycles. The number of nitrogens with one attached hydrogen (secondary N) is 2. The summed E-state index contributed by atoms with van der Waals surface area (Å²) in [6, 6.07) is 15.2. The number of pyridine rings is 2. The average molecular weight is 263 g/mol. The van der Waals surface area contributed by atoms with Crippen molar-refractivity contribution in [3.05, 3.63) is 77.5 Å². The summed E-state index contributed by atoms with van der Waals surface area (Å²) in [4.78, 5) is 18.6. The highest BCUT2D eigenvalue weighted by Gasteiger charge is 2.04. The van der Waals surface area contributed by atoms with E-state index in [1.165, 1.54) is 0 Å². The van der Waals surface area contributed by atoms with Crippen LogP contribution in [0, 0.1) is 0 Å². The maximum Gasteiger partial charge on any atom is 0.271 e. The zero-order valence-electron chi connectivity index (χ0n) is 10.7. The van der Waals surface area contributed by atoms with E-state index in [-0.39, 0.29) is 5.56 Å². The van der Waals surface area contributed by atoms with Gasteiger partial charge in [0.2, 0.25) is 0 Å². The number of aromatic amines is 1. The second kappa shape index (κ2) is 5.40. The standard InChI is InChI=1S/C16H13N3O/c20-16-15(19-14-4-2-1-3-5-14)10-13(11-18-16)12-6-8-17-9-7-12/h1-11,19H,(H,18,20). The zero-order chi connectivity index (χ0) is 13.8. The molecule has 0 aliphatic rings. The normalized spacial score (nSPS) is 10.2. The van der Waals surface area contributed by atoms with Gasteiger partial charge in [0, 0.05) is 29.8 Å². The second-order valence-electron chi connectivity index (χ2n) is 4.36. The lowest BCUT2D eigenvalue weighted by atomic mass is 10.1. The molecule has 0 aliphatic carbocycles. The van der Waals surface area contributed by atoms with Gasteiger partial charge in [-0.25, -0.2) is 0 Å². The number of anilines is 2. The van der Waals surface area contributed by atoms with Gasteiger partial charge < -0.3 is 10.3 Å². The first-order valence-electron chi connectivity index (χ1n) is 6.28. The highest BCUT2D eigenvalue weighted by Crippen LogP contribution is 2.20. The zero-order valence-corrected chi connectivity index (χ0v) is 10.7. The van der Waals surface area contributed by atoms with Crippen molar-refractivity contribution in [2.24, 2.45) is 0 Å². The molecule has 0 bridgehead atoms. The number of nitrogens with zero attached hydrogens (tertiary/aromatic N) is 1. The summed E-state index contributed by atoms with van der Waals surface area (Å²) in [5.41, 5.74) is 3.19. The second-order valence-corrected chi connectivity index (χ2v) is 4.36. The highest BCUT2D eigenvalue weighted by molar-refractivity contribution is 5.69.